The van der Waals surface area contributed by atoms with Gasteiger partial charge in [-0.2, -0.15) is 0 Å². The molecule has 0 bridgehead atoms. The van der Waals surface area contributed by atoms with E-state index in [0.717, 1.165) is 11.1 Å². The maximum Gasteiger partial charge on any atom is 0.269 e. The fraction of sp³-hybridized carbons (Fsp3) is 0.125. The minimum Gasteiger partial charge on any atom is -0.483 e. The Labute approximate surface area is 175 Å². The lowest BCUT2D eigenvalue weighted by Gasteiger charge is -2.20. The summed E-state index contributed by atoms with van der Waals surface area (Å²) in [6.45, 7) is 3.46. The van der Waals surface area contributed by atoms with Crippen molar-refractivity contribution in [3.05, 3.63) is 118 Å². The molecule has 0 heterocycles. The van der Waals surface area contributed by atoms with E-state index in [1.807, 2.05) is 60.7 Å². The van der Waals surface area contributed by atoms with Crippen LogP contribution in [0.25, 0.3) is 0 Å². The summed E-state index contributed by atoms with van der Waals surface area (Å²) < 4.78 is 5.68. The molecule has 152 valence electrons. The van der Waals surface area contributed by atoms with Gasteiger partial charge in [0.15, 0.2) is 6.61 Å². The number of hydrogen-bond acceptors (Lipinski definition) is 4. The molecule has 0 aliphatic carbocycles. The van der Waals surface area contributed by atoms with Gasteiger partial charge >= 0.3 is 0 Å². The number of hydrogen-bond donors (Lipinski definition) is 1. The van der Waals surface area contributed by atoms with Crippen LogP contribution < -0.4 is 10.1 Å². The van der Waals surface area contributed by atoms with Gasteiger partial charge in [0, 0.05) is 17.7 Å². The van der Waals surface area contributed by atoms with Crippen molar-refractivity contribution in [2.45, 2.75) is 12.5 Å². The van der Waals surface area contributed by atoms with Crippen LogP contribution in [-0.4, -0.2) is 17.4 Å². The summed E-state index contributed by atoms with van der Waals surface area (Å²) in [5, 5.41) is 14.0. The summed E-state index contributed by atoms with van der Waals surface area (Å²) in [5.41, 5.74) is 2.49. The number of nitrogens with one attached hydrogen (secondary N) is 1. The SMILES string of the molecule is C=CCc1cc([N+](=O)[O-])ccc1OCC(=O)NC(c1ccccc1)c1ccccc1. The van der Waals surface area contributed by atoms with Crippen LogP contribution in [0.5, 0.6) is 5.75 Å². The van der Waals surface area contributed by atoms with E-state index in [0.29, 0.717) is 17.7 Å². The Balaban J connectivity index is 1.74. The van der Waals surface area contributed by atoms with Crippen LogP contribution in [-0.2, 0) is 11.2 Å². The number of carbonyl (C=O) groups excluding carboxylic acids is 1. The maximum absolute atomic E-state index is 12.7. The van der Waals surface area contributed by atoms with Gasteiger partial charge in [0.05, 0.1) is 11.0 Å². The zero-order chi connectivity index (χ0) is 21.3. The average molecular weight is 402 g/mol. The molecule has 0 fully saturated rings. The third kappa shape index (κ3) is 5.32. The molecule has 3 aromatic rings. The van der Waals surface area contributed by atoms with Gasteiger partial charge in [-0.3, -0.25) is 14.9 Å². The van der Waals surface area contributed by atoms with Crippen LogP contribution in [0.3, 0.4) is 0 Å². The minimum absolute atomic E-state index is 0.0307. The molecule has 0 spiro atoms. The normalized spacial score (nSPS) is 10.4. The molecule has 6 heteroatoms. The van der Waals surface area contributed by atoms with Crippen molar-refractivity contribution in [3.63, 3.8) is 0 Å². The Morgan fingerprint density at radius 3 is 2.17 bits per heavy atom. The van der Waals surface area contributed by atoms with Crippen molar-refractivity contribution in [2.75, 3.05) is 6.61 Å². The number of benzene rings is 3. The molecule has 1 amide bonds. The first-order valence-electron chi connectivity index (χ1n) is 9.48. The van der Waals surface area contributed by atoms with Crippen molar-refractivity contribution in [1.29, 1.82) is 0 Å². The Bertz CT molecular complexity index is 980. The molecule has 1 N–H and O–H groups in total. The number of amides is 1. The molecule has 0 aromatic heterocycles. The lowest BCUT2D eigenvalue weighted by molar-refractivity contribution is -0.384. The third-order valence-electron chi connectivity index (χ3n) is 4.55. The van der Waals surface area contributed by atoms with Gasteiger partial charge < -0.3 is 10.1 Å². The van der Waals surface area contributed by atoms with Gasteiger partial charge in [0.25, 0.3) is 11.6 Å². The first kappa shape index (κ1) is 20.8. The zero-order valence-electron chi connectivity index (χ0n) is 16.4. The van der Waals surface area contributed by atoms with E-state index in [1.54, 1.807) is 6.08 Å². The monoisotopic (exact) mass is 402 g/mol. The molecule has 0 saturated heterocycles. The first-order chi connectivity index (χ1) is 14.6. The van der Waals surface area contributed by atoms with Gasteiger partial charge in [-0.1, -0.05) is 66.7 Å². The van der Waals surface area contributed by atoms with Crippen LogP contribution in [0.15, 0.2) is 91.5 Å². The highest BCUT2D eigenvalue weighted by Gasteiger charge is 2.18. The van der Waals surface area contributed by atoms with Crippen molar-refractivity contribution < 1.29 is 14.5 Å². The average Bonchev–Trinajstić information content (AvgIpc) is 2.78. The summed E-state index contributed by atoms with van der Waals surface area (Å²) in [5.74, 6) is 0.127. The zero-order valence-corrected chi connectivity index (χ0v) is 16.4. The van der Waals surface area contributed by atoms with Gasteiger partial charge in [0.1, 0.15) is 5.75 Å². The van der Waals surface area contributed by atoms with Crippen molar-refractivity contribution in [3.8, 4) is 5.75 Å². The molecule has 30 heavy (non-hydrogen) atoms. The number of nitro groups is 1. The number of non-ortho nitro benzene ring substituents is 1. The van der Waals surface area contributed by atoms with Gasteiger partial charge in [-0.15, -0.1) is 6.58 Å². The molecule has 6 nitrogen and oxygen atoms in total. The van der Waals surface area contributed by atoms with E-state index in [9.17, 15) is 14.9 Å². The molecular weight excluding hydrogens is 380 g/mol. The van der Waals surface area contributed by atoms with Crippen LogP contribution in [0.4, 0.5) is 5.69 Å². The first-order valence-corrected chi connectivity index (χ1v) is 9.48. The molecule has 0 radical (unpaired) electrons. The minimum atomic E-state index is -0.465. The number of rotatable bonds is 9. The predicted molar refractivity (Wildman–Crippen MR) is 115 cm³/mol. The molecule has 0 unspecified atom stereocenters. The molecule has 0 atom stereocenters. The smallest absolute Gasteiger partial charge is 0.269 e. The summed E-state index contributed by atoms with van der Waals surface area (Å²) in [7, 11) is 0. The van der Waals surface area contributed by atoms with E-state index in [-0.39, 0.29) is 24.2 Å². The largest absolute Gasteiger partial charge is 0.483 e. The van der Waals surface area contributed by atoms with Gasteiger partial charge in [-0.05, 0) is 23.6 Å². The molecular formula is C24H22N2O4. The summed E-state index contributed by atoms with van der Waals surface area (Å²) >= 11 is 0. The van der Waals surface area contributed by atoms with Crippen molar-refractivity contribution >= 4 is 11.6 Å². The fourth-order valence-electron chi connectivity index (χ4n) is 3.13. The second-order valence-electron chi connectivity index (χ2n) is 6.65. The quantitative estimate of drug-likeness (QED) is 0.322. The Hall–Kier alpha value is -3.93. The predicted octanol–water partition coefficient (Wildman–Crippen LogP) is 4.61. The van der Waals surface area contributed by atoms with E-state index in [2.05, 4.69) is 11.9 Å². The van der Waals surface area contributed by atoms with Crippen LogP contribution in [0, 0.1) is 10.1 Å². The maximum atomic E-state index is 12.7. The third-order valence-corrected chi connectivity index (χ3v) is 4.55. The second kappa shape index (κ2) is 10.0. The van der Waals surface area contributed by atoms with Gasteiger partial charge in [0.2, 0.25) is 0 Å². The summed E-state index contributed by atoms with van der Waals surface area (Å²) in [6.07, 6.45) is 2.03. The number of nitro benzene ring substituents is 1. The second-order valence-corrected chi connectivity index (χ2v) is 6.65. The molecule has 0 saturated carbocycles. The highest BCUT2D eigenvalue weighted by atomic mass is 16.6. The topological polar surface area (TPSA) is 81.5 Å². The fourth-order valence-corrected chi connectivity index (χ4v) is 3.13. The number of nitrogens with zero attached hydrogens (tertiary/aromatic N) is 1. The van der Waals surface area contributed by atoms with Crippen molar-refractivity contribution in [2.24, 2.45) is 0 Å². The van der Waals surface area contributed by atoms with E-state index in [1.165, 1.54) is 18.2 Å². The highest BCUT2D eigenvalue weighted by molar-refractivity contribution is 5.78. The lowest BCUT2D eigenvalue weighted by atomic mass is 9.99. The van der Waals surface area contributed by atoms with Crippen LogP contribution in [0.1, 0.15) is 22.7 Å². The molecule has 3 aromatic carbocycles. The highest BCUT2D eigenvalue weighted by Crippen LogP contribution is 2.25. The van der Waals surface area contributed by atoms with E-state index < -0.39 is 4.92 Å². The van der Waals surface area contributed by atoms with Crippen molar-refractivity contribution in [1.82, 2.24) is 5.32 Å². The molecule has 0 aliphatic heterocycles. The van der Waals surface area contributed by atoms with E-state index in [4.69, 9.17) is 4.74 Å². The Morgan fingerprint density at radius 2 is 1.63 bits per heavy atom. The number of carbonyl (C=O) groups is 1. The molecule has 3 rings (SSSR count). The summed E-state index contributed by atoms with van der Waals surface area (Å²) in [6, 6.07) is 23.4. The van der Waals surface area contributed by atoms with E-state index >= 15 is 0 Å². The number of ether oxygens (including phenoxy) is 1. The van der Waals surface area contributed by atoms with Crippen LogP contribution >= 0.6 is 0 Å². The Kier molecular flexibility index (Phi) is 6.95. The number of allylic oxidation sites excluding steroid dienone is 1. The lowest BCUT2D eigenvalue weighted by Crippen LogP contribution is -2.33. The molecule has 0 aliphatic rings. The van der Waals surface area contributed by atoms with Crippen LogP contribution in [0.2, 0.25) is 0 Å². The standard InChI is InChI=1S/C24H22N2O4/c1-2-9-20-16-21(26(28)29)14-15-22(20)30-17-23(27)25-24(18-10-5-3-6-11-18)19-12-7-4-8-13-19/h2-8,10-16,24H,1,9,17H2,(H,25,27). The van der Waals surface area contributed by atoms with Gasteiger partial charge in [-0.25, -0.2) is 0 Å². The Morgan fingerprint density at radius 1 is 1.03 bits per heavy atom. The summed E-state index contributed by atoms with van der Waals surface area (Å²) in [4.78, 5) is 23.2.